The molecule has 1 unspecified atom stereocenters. The quantitative estimate of drug-likeness (QED) is 0.891. The summed E-state index contributed by atoms with van der Waals surface area (Å²) in [5.41, 5.74) is 5.82. The molecule has 6 heteroatoms. The highest BCUT2D eigenvalue weighted by Crippen LogP contribution is 2.34. The second-order valence-electron chi connectivity index (χ2n) is 6.24. The summed E-state index contributed by atoms with van der Waals surface area (Å²) in [6, 6.07) is 0.119. The van der Waals surface area contributed by atoms with Crippen LogP contribution >= 0.6 is 0 Å². The van der Waals surface area contributed by atoms with Crippen molar-refractivity contribution in [3.05, 3.63) is 11.7 Å². The number of ether oxygens (including phenoxy) is 2. The third kappa shape index (κ3) is 3.12. The molecule has 3 rings (SSSR count). The lowest BCUT2D eigenvalue weighted by Gasteiger charge is -2.32. The Morgan fingerprint density at radius 3 is 2.71 bits per heavy atom. The second kappa shape index (κ2) is 6.42. The van der Waals surface area contributed by atoms with Crippen molar-refractivity contribution in [3.8, 4) is 0 Å². The van der Waals surface area contributed by atoms with Gasteiger partial charge in [0, 0.05) is 45.6 Å². The molecule has 1 atom stereocenters. The summed E-state index contributed by atoms with van der Waals surface area (Å²) < 4.78 is 16.5. The molecule has 0 bridgehead atoms. The van der Waals surface area contributed by atoms with Crippen LogP contribution in [-0.2, 0) is 21.5 Å². The van der Waals surface area contributed by atoms with E-state index >= 15 is 0 Å². The van der Waals surface area contributed by atoms with E-state index < -0.39 is 5.60 Å². The predicted octanol–water partition coefficient (Wildman–Crippen LogP) is 1.78. The van der Waals surface area contributed by atoms with E-state index in [0.29, 0.717) is 37.3 Å². The van der Waals surface area contributed by atoms with Gasteiger partial charge in [-0.15, -0.1) is 0 Å². The standard InChI is InChI=1S/C15H25N3O3/c1-19-15(6-8-20-9-7-15)14-17-13(21-18-14)10-12(16)11-4-2-3-5-11/h11-12H,2-10,16H2,1H3. The highest BCUT2D eigenvalue weighted by atomic mass is 16.5. The first-order valence-electron chi connectivity index (χ1n) is 7.95. The van der Waals surface area contributed by atoms with Gasteiger partial charge in [0.1, 0.15) is 5.60 Å². The van der Waals surface area contributed by atoms with Gasteiger partial charge in [-0.1, -0.05) is 18.0 Å². The SMILES string of the molecule is COC1(c2noc(CC(N)C3CCCC3)n2)CCOCC1. The zero-order valence-electron chi connectivity index (χ0n) is 12.7. The Morgan fingerprint density at radius 2 is 2.05 bits per heavy atom. The van der Waals surface area contributed by atoms with Gasteiger partial charge in [-0.3, -0.25) is 0 Å². The average molecular weight is 295 g/mol. The lowest BCUT2D eigenvalue weighted by molar-refractivity contribution is -0.101. The Hall–Kier alpha value is -0.980. The molecule has 0 amide bonds. The molecule has 2 N–H and O–H groups in total. The summed E-state index contributed by atoms with van der Waals surface area (Å²) in [6.45, 7) is 1.33. The van der Waals surface area contributed by atoms with Crippen LogP contribution in [0.1, 0.15) is 50.2 Å². The Balaban J connectivity index is 1.67. The molecule has 1 saturated heterocycles. The topological polar surface area (TPSA) is 83.4 Å². The molecule has 118 valence electrons. The van der Waals surface area contributed by atoms with E-state index in [9.17, 15) is 0 Å². The van der Waals surface area contributed by atoms with Crippen molar-refractivity contribution in [2.45, 2.75) is 56.6 Å². The van der Waals surface area contributed by atoms with Crippen molar-refractivity contribution >= 4 is 0 Å². The minimum atomic E-state index is -0.461. The molecular formula is C15H25N3O3. The Bertz CT molecular complexity index is 451. The monoisotopic (exact) mass is 295 g/mol. The molecule has 1 saturated carbocycles. The van der Waals surface area contributed by atoms with Gasteiger partial charge in [0.2, 0.25) is 11.7 Å². The summed E-state index contributed by atoms with van der Waals surface area (Å²) in [7, 11) is 1.70. The van der Waals surface area contributed by atoms with Crippen LogP contribution in [0, 0.1) is 5.92 Å². The largest absolute Gasteiger partial charge is 0.381 e. The molecule has 21 heavy (non-hydrogen) atoms. The first kappa shape index (κ1) is 14.9. The molecule has 2 fully saturated rings. The highest BCUT2D eigenvalue weighted by molar-refractivity contribution is 5.04. The summed E-state index contributed by atoms with van der Waals surface area (Å²) >= 11 is 0. The maximum Gasteiger partial charge on any atom is 0.228 e. The van der Waals surface area contributed by atoms with E-state index in [1.807, 2.05) is 0 Å². The van der Waals surface area contributed by atoms with Gasteiger partial charge in [-0.25, -0.2) is 0 Å². The number of aromatic nitrogens is 2. The van der Waals surface area contributed by atoms with E-state index in [0.717, 1.165) is 12.8 Å². The zero-order valence-corrected chi connectivity index (χ0v) is 12.7. The molecule has 0 radical (unpaired) electrons. The number of methoxy groups -OCH3 is 1. The smallest absolute Gasteiger partial charge is 0.228 e. The maximum atomic E-state index is 6.29. The summed E-state index contributed by atoms with van der Waals surface area (Å²) in [5.74, 6) is 1.87. The maximum absolute atomic E-state index is 6.29. The summed E-state index contributed by atoms with van der Waals surface area (Å²) in [4.78, 5) is 4.55. The van der Waals surface area contributed by atoms with E-state index in [1.165, 1.54) is 25.7 Å². The fourth-order valence-corrected chi connectivity index (χ4v) is 3.50. The highest BCUT2D eigenvalue weighted by Gasteiger charge is 2.39. The van der Waals surface area contributed by atoms with Gasteiger partial charge < -0.3 is 19.7 Å². The second-order valence-corrected chi connectivity index (χ2v) is 6.24. The molecule has 0 aromatic carbocycles. The van der Waals surface area contributed by atoms with Gasteiger partial charge in [0.05, 0.1) is 0 Å². The van der Waals surface area contributed by atoms with E-state index in [-0.39, 0.29) is 6.04 Å². The Morgan fingerprint density at radius 1 is 1.33 bits per heavy atom. The molecule has 1 aromatic heterocycles. The lowest BCUT2D eigenvalue weighted by atomic mass is 9.93. The molecule has 6 nitrogen and oxygen atoms in total. The summed E-state index contributed by atoms with van der Waals surface area (Å²) in [5, 5.41) is 4.14. The normalized spacial score (nSPS) is 24.3. The number of hydrogen-bond donors (Lipinski definition) is 1. The van der Waals surface area contributed by atoms with Crippen LogP contribution in [-0.4, -0.2) is 36.5 Å². The first-order chi connectivity index (χ1) is 10.2. The Kier molecular flexibility index (Phi) is 4.57. The van der Waals surface area contributed by atoms with Gasteiger partial charge in [0.15, 0.2) is 0 Å². The summed E-state index contributed by atoms with van der Waals surface area (Å²) in [6.07, 6.45) is 7.21. The van der Waals surface area contributed by atoms with Crippen molar-refractivity contribution in [1.82, 2.24) is 10.1 Å². The average Bonchev–Trinajstić information content (AvgIpc) is 3.19. The molecule has 1 aromatic rings. The van der Waals surface area contributed by atoms with Gasteiger partial charge >= 0.3 is 0 Å². The van der Waals surface area contributed by atoms with Crippen molar-refractivity contribution in [3.63, 3.8) is 0 Å². The Labute approximate surface area is 125 Å². The van der Waals surface area contributed by atoms with Crippen molar-refractivity contribution < 1.29 is 14.0 Å². The fraction of sp³-hybridized carbons (Fsp3) is 0.867. The molecule has 0 spiro atoms. The van der Waals surface area contributed by atoms with Crippen molar-refractivity contribution in [2.24, 2.45) is 11.7 Å². The van der Waals surface area contributed by atoms with Crippen LogP contribution in [0.25, 0.3) is 0 Å². The third-order valence-electron chi connectivity index (χ3n) is 4.98. The molecule has 2 heterocycles. The molecule has 1 aliphatic heterocycles. The van der Waals surface area contributed by atoms with Gasteiger partial charge in [0.25, 0.3) is 0 Å². The van der Waals surface area contributed by atoms with E-state index in [1.54, 1.807) is 7.11 Å². The lowest BCUT2D eigenvalue weighted by Crippen LogP contribution is -2.36. The van der Waals surface area contributed by atoms with Crippen LogP contribution in [0.2, 0.25) is 0 Å². The van der Waals surface area contributed by atoms with Crippen molar-refractivity contribution in [2.75, 3.05) is 20.3 Å². The van der Waals surface area contributed by atoms with Crippen LogP contribution in [0.4, 0.5) is 0 Å². The zero-order chi connectivity index (χ0) is 14.7. The minimum absolute atomic E-state index is 0.119. The van der Waals surface area contributed by atoms with Gasteiger partial charge in [-0.05, 0) is 18.8 Å². The minimum Gasteiger partial charge on any atom is -0.381 e. The molecule has 1 aliphatic carbocycles. The molecular weight excluding hydrogens is 270 g/mol. The van der Waals surface area contributed by atoms with Crippen LogP contribution < -0.4 is 5.73 Å². The number of nitrogens with two attached hydrogens (primary N) is 1. The van der Waals surface area contributed by atoms with Crippen molar-refractivity contribution in [1.29, 1.82) is 0 Å². The third-order valence-corrected chi connectivity index (χ3v) is 4.98. The van der Waals surface area contributed by atoms with Crippen LogP contribution in [0.15, 0.2) is 4.52 Å². The number of rotatable bonds is 5. The van der Waals surface area contributed by atoms with Gasteiger partial charge in [-0.2, -0.15) is 4.98 Å². The predicted molar refractivity (Wildman–Crippen MR) is 76.7 cm³/mol. The molecule has 2 aliphatic rings. The van der Waals surface area contributed by atoms with E-state index in [4.69, 9.17) is 19.7 Å². The fourth-order valence-electron chi connectivity index (χ4n) is 3.50. The van der Waals surface area contributed by atoms with E-state index in [2.05, 4.69) is 10.1 Å². The number of nitrogens with zero attached hydrogens (tertiary/aromatic N) is 2. The first-order valence-corrected chi connectivity index (χ1v) is 7.95. The van der Waals surface area contributed by atoms with Crippen LogP contribution in [0.5, 0.6) is 0 Å². The number of hydrogen-bond acceptors (Lipinski definition) is 6. The van der Waals surface area contributed by atoms with Crippen LogP contribution in [0.3, 0.4) is 0 Å².